The largest absolute Gasteiger partial charge is 0.249 e. The van der Waals surface area contributed by atoms with E-state index < -0.39 is 0 Å². The van der Waals surface area contributed by atoms with E-state index in [1.165, 1.54) is 5.56 Å². The van der Waals surface area contributed by atoms with E-state index in [-0.39, 0.29) is 0 Å². The Labute approximate surface area is 99.4 Å². The molecule has 1 heterocycles. The molecule has 3 heteroatoms. The van der Waals surface area contributed by atoms with Crippen LogP contribution in [0.1, 0.15) is 0 Å². The Kier molecular flexibility index (Phi) is 2.99. The highest BCUT2D eigenvalue weighted by Crippen LogP contribution is 2.28. The van der Waals surface area contributed by atoms with Gasteiger partial charge < -0.3 is 0 Å². The molecule has 0 aliphatic carbocycles. The fourth-order valence-corrected chi connectivity index (χ4v) is 2.42. The zero-order chi connectivity index (χ0) is 9.97. The van der Waals surface area contributed by atoms with Gasteiger partial charge in [0.15, 0.2) is 0 Å². The van der Waals surface area contributed by atoms with Crippen molar-refractivity contribution in [1.29, 1.82) is 0 Å². The molecule has 1 aromatic heterocycles. The van der Waals surface area contributed by atoms with Crippen LogP contribution in [-0.2, 0) is 0 Å². The van der Waals surface area contributed by atoms with E-state index in [1.54, 1.807) is 0 Å². The first-order valence-corrected chi connectivity index (χ1v) is 5.72. The highest BCUT2D eigenvalue weighted by atomic mass is 79.9. The van der Waals surface area contributed by atoms with Crippen LogP contribution < -0.4 is 0 Å². The minimum absolute atomic E-state index is 0.837. The topological polar surface area (TPSA) is 12.9 Å². The Morgan fingerprint density at radius 2 is 1.71 bits per heavy atom. The molecule has 0 saturated heterocycles. The molecule has 0 aliphatic heterocycles. The van der Waals surface area contributed by atoms with Gasteiger partial charge in [0.25, 0.3) is 0 Å². The summed E-state index contributed by atoms with van der Waals surface area (Å²) in [5.41, 5.74) is 2.27. The van der Waals surface area contributed by atoms with Gasteiger partial charge in [-0.15, -0.1) is 0 Å². The maximum Gasteiger partial charge on any atom is 0.107 e. The average molecular weight is 313 g/mol. The Morgan fingerprint density at radius 1 is 1.00 bits per heavy atom. The predicted octanol–water partition coefficient (Wildman–Crippen LogP) is 4.27. The van der Waals surface area contributed by atoms with Gasteiger partial charge in [0.1, 0.15) is 4.60 Å². The quantitative estimate of drug-likeness (QED) is 0.716. The van der Waals surface area contributed by atoms with E-state index in [0.29, 0.717) is 0 Å². The van der Waals surface area contributed by atoms with Crippen molar-refractivity contribution >= 4 is 31.9 Å². The highest BCUT2D eigenvalue weighted by Gasteiger charge is 2.03. The van der Waals surface area contributed by atoms with Crippen LogP contribution in [0.15, 0.2) is 51.7 Å². The molecule has 1 nitrogen and oxygen atoms in total. The Hall–Kier alpha value is -0.670. The van der Waals surface area contributed by atoms with Gasteiger partial charge in [-0.1, -0.05) is 46.3 Å². The van der Waals surface area contributed by atoms with Crippen LogP contribution in [0.25, 0.3) is 11.1 Å². The third kappa shape index (κ3) is 2.04. The predicted molar refractivity (Wildman–Crippen MR) is 65.1 cm³/mol. The molecule has 14 heavy (non-hydrogen) atoms. The van der Waals surface area contributed by atoms with Crippen LogP contribution in [0.4, 0.5) is 0 Å². The highest BCUT2D eigenvalue weighted by molar-refractivity contribution is 9.11. The molecule has 0 N–H and O–H groups in total. The monoisotopic (exact) mass is 311 g/mol. The molecule has 1 aromatic carbocycles. The molecule has 0 saturated carbocycles. The number of halogens is 2. The smallest absolute Gasteiger partial charge is 0.107 e. The van der Waals surface area contributed by atoms with Gasteiger partial charge in [0.2, 0.25) is 0 Å². The van der Waals surface area contributed by atoms with Crippen molar-refractivity contribution in [2.75, 3.05) is 0 Å². The lowest BCUT2D eigenvalue weighted by Crippen LogP contribution is -1.82. The second-order valence-corrected chi connectivity index (χ2v) is 4.52. The van der Waals surface area contributed by atoms with Crippen LogP contribution in [-0.4, -0.2) is 4.98 Å². The number of hydrogen-bond acceptors (Lipinski definition) is 1. The molecule has 0 atom stereocenters. The molecular formula is C11H7Br2N. The molecule has 0 radical (unpaired) electrons. The van der Waals surface area contributed by atoms with E-state index in [2.05, 4.69) is 49.0 Å². The van der Waals surface area contributed by atoms with Crippen LogP contribution in [0.2, 0.25) is 0 Å². The summed E-state index contributed by atoms with van der Waals surface area (Å²) in [6.45, 7) is 0. The lowest BCUT2D eigenvalue weighted by atomic mass is 10.1. The van der Waals surface area contributed by atoms with Gasteiger partial charge in [-0.05, 0) is 27.6 Å². The zero-order valence-corrected chi connectivity index (χ0v) is 10.4. The van der Waals surface area contributed by atoms with Crippen molar-refractivity contribution in [3.63, 3.8) is 0 Å². The lowest BCUT2D eigenvalue weighted by Gasteiger charge is -2.03. The Balaban J connectivity index is 2.53. The molecule has 2 aromatic rings. The number of nitrogens with zero attached hydrogens (tertiary/aromatic N) is 1. The molecule has 0 amide bonds. The van der Waals surface area contributed by atoms with E-state index in [9.17, 15) is 0 Å². The van der Waals surface area contributed by atoms with Crippen LogP contribution in [0.3, 0.4) is 0 Å². The minimum atomic E-state index is 0.837. The van der Waals surface area contributed by atoms with Gasteiger partial charge >= 0.3 is 0 Å². The molecule has 70 valence electrons. The summed E-state index contributed by atoms with van der Waals surface area (Å²) in [5.74, 6) is 0. The fourth-order valence-electron chi connectivity index (χ4n) is 1.24. The molecule has 0 spiro atoms. The molecule has 0 unspecified atom stereocenters. The number of aromatic nitrogens is 1. The third-order valence-corrected chi connectivity index (χ3v) is 2.99. The summed E-state index contributed by atoms with van der Waals surface area (Å²) < 4.78 is 1.88. The van der Waals surface area contributed by atoms with Crippen molar-refractivity contribution in [2.24, 2.45) is 0 Å². The second kappa shape index (κ2) is 4.24. The second-order valence-electron chi connectivity index (χ2n) is 2.85. The molecular weight excluding hydrogens is 306 g/mol. The van der Waals surface area contributed by atoms with E-state index in [0.717, 1.165) is 14.6 Å². The third-order valence-electron chi connectivity index (χ3n) is 1.90. The Bertz CT molecular complexity index is 440. The number of pyridine rings is 1. The zero-order valence-electron chi connectivity index (χ0n) is 7.24. The summed E-state index contributed by atoms with van der Waals surface area (Å²) in [5, 5.41) is 0. The van der Waals surface area contributed by atoms with E-state index in [1.807, 2.05) is 30.5 Å². The molecule has 0 aliphatic rings. The first kappa shape index (κ1) is 9.87. The van der Waals surface area contributed by atoms with Crippen molar-refractivity contribution in [3.05, 3.63) is 51.7 Å². The van der Waals surface area contributed by atoms with Crippen LogP contribution >= 0.6 is 31.9 Å². The molecule has 2 rings (SSSR count). The first-order chi connectivity index (χ1) is 6.77. The lowest BCUT2D eigenvalue weighted by molar-refractivity contribution is 1.27. The Morgan fingerprint density at radius 3 is 2.36 bits per heavy atom. The summed E-state index contributed by atoms with van der Waals surface area (Å²) in [6.07, 6.45) is 1.85. The van der Waals surface area contributed by atoms with E-state index in [4.69, 9.17) is 0 Å². The first-order valence-electron chi connectivity index (χ1n) is 4.14. The van der Waals surface area contributed by atoms with E-state index >= 15 is 0 Å². The molecule has 0 bridgehead atoms. The summed E-state index contributed by atoms with van der Waals surface area (Å²) in [7, 11) is 0. The average Bonchev–Trinajstić information content (AvgIpc) is 2.19. The van der Waals surface area contributed by atoms with Gasteiger partial charge in [0.05, 0.1) is 0 Å². The van der Waals surface area contributed by atoms with Gasteiger partial charge in [0, 0.05) is 16.2 Å². The number of benzene rings is 1. The number of hydrogen-bond donors (Lipinski definition) is 0. The van der Waals surface area contributed by atoms with Crippen molar-refractivity contribution in [1.82, 2.24) is 4.98 Å². The van der Waals surface area contributed by atoms with Gasteiger partial charge in [-0.25, -0.2) is 4.98 Å². The van der Waals surface area contributed by atoms with Crippen LogP contribution in [0.5, 0.6) is 0 Å². The standard InChI is InChI=1S/C11H7Br2N/c12-10-6-11(13)14-7-9(10)8-4-2-1-3-5-8/h1-7H. The van der Waals surface area contributed by atoms with Gasteiger partial charge in [-0.2, -0.15) is 0 Å². The van der Waals surface area contributed by atoms with Crippen molar-refractivity contribution < 1.29 is 0 Å². The SMILES string of the molecule is Brc1cc(Br)c(-c2ccccc2)cn1. The van der Waals surface area contributed by atoms with Crippen LogP contribution in [0, 0.1) is 0 Å². The number of rotatable bonds is 1. The summed E-state index contributed by atoms with van der Waals surface area (Å²) in [6, 6.07) is 12.1. The fraction of sp³-hybridized carbons (Fsp3) is 0. The maximum absolute atomic E-state index is 4.20. The van der Waals surface area contributed by atoms with Crippen molar-refractivity contribution in [2.45, 2.75) is 0 Å². The summed E-state index contributed by atoms with van der Waals surface area (Å²) in [4.78, 5) is 4.20. The van der Waals surface area contributed by atoms with Crippen molar-refractivity contribution in [3.8, 4) is 11.1 Å². The minimum Gasteiger partial charge on any atom is -0.249 e. The van der Waals surface area contributed by atoms with Gasteiger partial charge in [-0.3, -0.25) is 0 Å². The molecule has 0 fully saturated rings. The maximum atomic E-state index is 4.20. The summed E-state index contributed by atoms with van der Waals surface area (Å²) >= 11 is 6.84. The normalized spacial score (nSPS) is 10.1.